The van der Waals surface area contributed by atoms with E-state index in [1.807, 2.05) is 88.0 Å². The fourth-order valence-electron chi connectivity index (χ4n) is 9.11. The lowest BCUT2D eigenvalue weighted by Crippen LogP contribution is -2.58. The third-order valence-electron chi connectivity index (χ3n) is 13.0. The lowest BCUT2D eigenvalue weighted by Gasteiger charge is -2.35. The molecule has 0 saturated carbocycles. The molecule has 2 aromatic carbocycles. The number of carbonyl (C=O) groups is 4. The summed E-state index contributed by atoms with van der Waals surface area (Å²) in [5, 5.41) is 26.5. The van der Waals surface area contributed by atoms with E-state index in [0.29, 0.717) is 25.3 Å². The summed E-state index contributed by atoms with van der Waals surface area (Å²) in [6, 6.07) is 13.3. The molecule has 3 N–H and O–H groups in total. The van der Waals surface area contributed by atoms with Crippen molar-refractivity contribution < 1.29 is 33.8 Å². The second-order valence-corrected chi connectivity index (χ2v) is 20.8. The number of likely N-dealkylation sites (tertiary alicyclic amines) is 1. The van der Waals surface area contributed by atoms with Crippen molar-refractivity contribution in [2.75, 3.05) is 38.3 Å². The van der Waals surface area contributed by atoms with Crippen molar-refractivity contribution in [3.05, 3.63) is 98.5 Å². The number of nitrogens with zero attached hydrogens (tertiary/aromatic N) is 7. The minimum absolute atomic E-state index is 0.0201. The summed E-state index contributed by atoms with van der Waals surface area (Å²) in [4.78, 5) is 69.5. The number of ether oxygens (including phenoxy) is 2. The number of nitrogens with one attached hydrogen (secondary N) is 2. The van der Waals surface area contributed by atoms with Crippen molar-refractivity contribution in [3.63, 3.8) is 0 Å². The molecule has 0 radical (unpaired) electrons. The number of esters is 1. The summed E-state index contributed by atoms with van der Waals surface area (Å²) in [5.41, 5.74) is 8.78. The number of aliphatic hydroxyl groups is 1. The zero-order valence-electron chi connectivity index (χ0n) is 39.5. The van der Waals surface area contributed by atoms with Gasteiger partial charge in [0, 0.05) is 47.7 Å². The van der Waals surface area contributed by atoms with Crippen LogP contribution in [0.5, 0.6) is 0 Å². The summed E-state index contributed by atoms with van der Waals surface area (Å²) >= 11 is 3.23. The Hall–Kier alpha value is -5.82. The molecule has 3 aromatic heterocycles. The Labute approximate surface area is 398 Å². The van der Waals surface area contributed by atoms with Crippen LogP contribution in [0.25, 0.3) is 15.4 Å². The van der Waals surface area contributed by atoms with Gasteiger partial charge in [0.15, 0.2) is 5.82 Å². The first-order valence-corrected chi connectivity index (χ1v) is 24.3. The number of fused-ring (bicyclic) bond motifs is 3. The number of thiazole rings is 1. The third-order valence-corrected chi connectivity index (χ3v) is 15.2. The van der Waals surface area contributed by atoms with Crippen LogP contribution in [0.4, 0.5) is 5.69 Å². The maximum Gasteiger partial charge on any atom is 0.308 e. The van der Waals surface area contributed by atoms with Crippen molar-refractivity contribution in [3.8, 4) is 15.4 Å². The topological polar surface area (TPSA) is 193 Å². The van der Waals surface area contributed by atoms with Gasteiger partial charge in [0.2, 0.25) is 17.7 Å². The van der Waals surface area contributed by atoms with Gasteiger partial charge in [-0.05, 0) is 75.3 Å². The Morgan fingerprint density at radius 1 is 0.955 bits per heavy atom. The third kappa shape index (κ3) is 9.94. The van der Waals surface area contributed by atoms with Crippen LogP contribution in [-0.2, 0) is 28.7 Å². The fraction of sp³-hybridized carbons (Fsp3) is 0.469. The molecule has 5 aromatic rings. The first-order chi connectivity index (χ1) is 31.9. The number of aryl methyl sites for hydroxylation is 3. The fourth-order valence-corrected chi connectivity index (χ4v) is 11.1. The minimum atomic E-state index is -0.975. The summed E-state index contributed by atoms with van der Waals surface area (Å²) in [7, 11) is 1.37. The lowest BCUT2D eigenvalue weighted by molar-refractivity contribution is -0.145. The molecule has 0 aliphatic carbocycles. The van der Waals surface area contributed by atoms with Gasteiger partial charge in [-0.15, -0.1) is 32.9 Å². The highest BCUT2D eigenvalue weighted by atomic mass is 32.1. The van der Waals surface area contributed by atoms with E-state index < -0.39 is 41.5 Å². The van der Waals surface area contributed by atoms with E-state index >= 15 is 0 Å². The average molecular weight is 950 g/mol. The number of rotatable bonds is 13. The van der Waals surface area contributed by atoms with Crippen LogP contribution in [0, 0.1) is 33.1 Å². The predicted octanol–water partition coefficient (Wildman–Crippen LogP) is 6.11. The number of hydrogen-bond acceptors (Lipinski definition) is 14. The van der Waals surface area contributed by atoms with Crippen molar-refractivity contribution in [1.29, 1.82) is 0 Å². The van der Waals surface area contributed by atoms with Gasteiger partial charge in [-0.2, -0.15) is 0 Å². The monoisotopic (exact) mass is 949 g/mol. The zero-order valence-corrected chi connectivity index (χ0v) is 41.1. The van der Waals surface area contributed by atoms with Crippen LogP contribution in [0.3, 0.4) is 0 Å². The number of thiophene rings is 1. The summed E-state index contributed by atoms with van der Waals surface area (Å²) < 4.78 is 13.2. The van der Waals surface area contributed by atoms with Gasteiger partial charge in [0.1, 0.15) is 35.6 Å². The highest BCUT2D eigenvalue weighted by molar-refractivity contribution is 7.15. The van der Waals surface area contributed by atoms with Crippen molar-refractivity contribution in [2.45, 2.75) is 111 Å². The molecule has 3 aliphatic rings. The molecule has 67 heavy (non-hydrogen) atoms. The number of aromatic nitrogens is 4. The largest absolute Gasteiger partial charge is 0.469 e. The van der Waals surface area contributed by atoms with E-state index in [-0.39, 0.29) is 50.0 Å². The van der Waals surface area contributed by atoms with Crippen LogP contribution >= 0.6 is 22.7 Å². The second-order valence-electron chi connectivity index (χ2n) is 18.8. The van der Waals surface area contributed by atoms with Gasteiger partial charge in [-0.3, -0.25) is 28.7 Å². The average Bonchev–Trinajstić information content (AvgIpc) is 4.15. The lowest BCUT2D eigenvalue weighted by atomic mass is 9.85. The van der Waals surface area contributed by atoms with Gasteiger partial charge in [-0.25, -0.2) is 4.98 Å². The normalized spacial score (nSPS) is 20.1. The Morgan fingerprint density at radius 3 is 2.34 bits per heavy atom. The van der Waals surface area contributed by atoms with Gasteiger partial charge in [0.05, 0.1) is 53.6 Å². The highest BCUT2D eigenvalue weighted by Gasteiger charge is 2.45. The zero-order chi connectivity index (χ0) is 47.9. The van der Waals surface area contributed by atoms with E-state index in [4.69, 9.17) is 14.5 Å². The van der Waals surface area contributed by atoms with Gasteiger partial charge < -0.3 is 35.0 Å². The predicted molar refractivity (Wildman–Crippen MR) is 258 cm³/mol. The van der Waals surface area contributed by atoms with E-state index in [0.717, 1.165) is 65.5 Å². The maximum absolute atomic E-state index is 14.3. The molecule has 16 nitrogen and oxygen atoms in total. The molecule has 8 rings (SSSR count). The molecule has 6 heterocycles. The SMILES string of the molecule is COC(=O)C[C@@H]1N=C(c2ccc(N3CCC(OCC(=O)NC(C(=O)N4C[C@H](O)C[C@H]4C(=O)N[C@@H](C)c4ccc(-c5scnc5C)cc4)C(C)(C)C)C3)cc2)c2c(sc(C)c2C)-n2c(C)nnc21. The van der Waals surface area contributed by atoms with Crippen LogP contribution in [-0.4, -0.2) is 117 Å². The quantitative estimate of drug-likeness (QED) is 0.115. The molecule has 0 spiro atoms. The molecule has 0 bridgehead atoms. The van der Waals surface area contributed by atoms with Crippen molar-refractivity contribution in [2.24, 2.45) is 10.4 Å². The first-order valence-electron chi connectivity index (χ1n) is 22.6. The molecular weight excluding hydrogens is 891 g/mol. The Morgan fingerprint density at radius 2 is 1.67 bits per heavy atom. The summed E-state index contributed by atoms with van der Waals surface area (Å²) in [6.07, 6.45) is -0.297. The number of β-amino-alcohol motifs (C(OH)–C–C–N with tert-alkyl or cyclic N) is 1. The Bertz CT molecular complexity index is 2680. The number of benzene rings is 2. The van der Waals surface area contributed by atoms with Crippen LogP contribution in [0.15, 0.2) is 59.0 Å². The highest BCUT2D eigenvalue weighted by Crippen LogP contribution is 2.40. The minimum Gasteiger partial charge on any atom is -0.469 e. The van der Waals surface area contributed by atoms with Crippen LogP contribution < -0.4 is 15.5 Å². The van der Waals surface area contributed by atoms with E-state index in [9.17, 15) is 24.3 Å². The van der Waals surface area contributed by atoms with Gasteiger partial charge in [0.25, 0.3) is 0 Å². The number of hydrogen-bond donors (Lipinski definition) is 3. The summed E-state index contributed by atoms with van der Waals surface area (Å²) in [6.45, 7) is 16.5. The molecule has 3 aliphatic heterocycles. The first kappa shape index (κ1) is 47.7. The molecule has 6 atom stereocenters. The molecule has 18 heteroatoms. The molecule has 2 fully saturated rings. The van der Waals surface area contributed by atoms with Crippen LogP contribution in [0.1, 0.15) is 104 Å². The van der Waals surface area contributed by atoms with Crippen molar-refractivity contribution in [1.82, 2.24) is 35.3 Å². The molecule has 2 unspecified atom stereocenters. The molecule has 2 saturated heterocycles. The van der Waals surface area contributed by atoms with E-state index in [2.05, 4.69) is 56.7 Å². The number of aliphatic hydroxyl groups excluding tert-OH is 1. The second kappa shape index (κ2) is 19.4. The number of aliphatic imine (C=N–C) groups is 1. The van der Waals surface area contributed by atoms with E-state index in [1.54, 1.807) is 22.7 Å². The van der Waals surface area contributed by atoms with Gasteiger partial charge >= 0.3 is 5.97 Å². The summed E-state index contributed by atoms with van der Waals surface area (Å²) in [5.74, 6) is -0.311. The smallest absolute Gasteiger partial charge is 0.308 e. The molecule has 3 amide bonds. The maximum atomic E-state index is 14.3. The number of methoxy groups -OCH3 is 1. The van der Waals surface area contributed by atoms with E-state index in [1.165, 1.54) is 12.0 Å². The number of carbonyl (C=O) groups excluding carboxylic acids is 4. The van der Waals surface area contributed by atoms with Gasteiger partial charge in [-0.1, -0.05) is 57.2 Å². The Kier molecular flexibility index (Phi) is 13.8. The van der Waals surface area contributed by atoms with Crippen molar-refractivity contribution >= 4 is 57.8 Å². The number of anilines is 1. The molecular formula is C49H59N9O7S2. The number of amides is 3. The van der Waals surface area contributed by atoms with Crippen LogP contribution in [0.2, 0.25) is 0 Å². The molecule has 354 valence electrons. The standard InChI is InChI=1S/C49H59N9O7S2/c1-26-29(4)67-48-41(26)42(52-37(21-40(61)64-9)45-55-54-30(5)58(45)48)32-14-16-34(17-15-32)56-19-18-36(23-56)65-24-39(60)53-44(49(6,7)8)47(63)57-22-35(59)20-38(57)46(62)51-27(2)31-10-12-33(13-11-31)43-28(3)50-25-66-43/h10-17,25,27,35-38,44,59H,18-24H2,1-9H3,(H,51,62)(H,53,60)/t27-,35+,36?,37-,38-,44?/m0/s1. The Balaban J connectivity index is 0.884.